The second kappa shape index (κ2) is 5.83. The number of nitro benzene ring substituents is 1. The van der Waals surface area contributed by atoms with Crippen LogP contribution in [-0.4, -0.2) is 35.8 Å². The minimum Gasteiger partial charge on any atom is -0.486 e. The molecular formula is C12H12FNO6. The third-order valence-electron chi connectivity index (χ3n) is 2.97. The van der Waals surface area contributed by atoms with Gasteiger partial charge in [-0.05, 0) is 6.42 Å². The zero-order valence-corrected chi connectivity index (χ0v) is 10.4. The van der Waals surface area contributed by atoms with Crippen LogP contribution in [0.2, 0.25) is 0 Å². The summed E-state index contributed by atoms with van der Waals surface area (Å²) in [6, 6.07) is 1.40. The molecule has 0 spiro atoms. The van der Waals surface area contributed by atoms with Crippen molar-refractivity contribution in [2.45, 2.75) is 6.42 Å². The number of rotatable bonds is 5. The normalized spacial score (nSPS) is 17.9. The van der Waals surface area contributed by atoms with E-state index in [4.69, 9.17) is 14.6 Å². The fourth-order valence-electron chi connectivity index (χ4n) is 1.89. The highest BCUT2D eigenvalue weighted by atomic mass is 19.1. The smallest absolute Gasteiger partial charge is 0.338 e. The van der Waals surface area contributed by atoms with Crippen molar-refractivity contribution in [3.8, 4) is 5.75 Å². The lowest BCUT2D eigenvalue weighted by molar-refractivity contribution is -0.386. The Kier molecular flexibility index (Phi) is 4.14. The molecule has 7 nitrogen and oxygen atoms in total. The highest BCUT2D eigenvalue weighted by Gasteiger charge is 2.24. The highest BCUT2D eigenvalue weighted by molar-refractivity contribution is 5.89. The first kappa shape index (κ1) is 14.2. The Morgan fingerprint density at radius 2 is 2.35 bits per heavy atom. The van der Waals surface area contributed by atoms with Crippen LogP contribution in [-0.2, 0) is 4.74 Å². The standard InChI is InChI=1S/C12H12FNO6/c13-9-4-10(14(17)18)11(3-8(9)12(15)16)20-6-7-1-2-19-5-7/h3-4,7H,1-2,5-6H2,(H,15,16). The monoisotopic (exact) mass is 285 g/mol. The van der Waals surface area contributed by atoms with Gasteiger partial charge in [0.15, 0.2) is 5.75 Å². The lowest BCUT2D eigenvalue weighted by Crippen LogP contribution is -2.13. The Morgan fingerprint density at radius 1 is 1.60 bits per heavy atom. The summed E-state index contributed by atoms with van der Waals surface area (Å²) in [5.41, 5.74) is -1.25. The molecule has 1 N–H and O–H groups in total. The molecule has 1 aliphatic rings. The predicted molar refractivity (Wildman–Crippen MR) is 64.4 cm³/mol. The number of nitro groups is 1. The van der Waals surface area contributed by atoms with E-state index in [0.717, 1.165) is 12.5 Å². The van der Waals surface area contributed by atoms with Crippen LogP contribution in [0.1, 0.15) is 16.8 Å². The SMILES string of the molecule is O=C(O)c1cc(OCC2CCOC2)c([N+](=O)[O-])cc1F. The number of carbonyl (C=O) groups is 1. The van der Waals surface area contributed by atoms with Gasteiger partial charge in [0.05, 0.1) is 29.8 Å². The number of nitrogens with zero attached hydrogens (tertiary/aromatic N) is 1. The third kappa shape index (κ3) is 3.02. The van der Waals surface area contributed by atoms with E-state index in [1.807, 2.05) is 0 Å². The van der Waals surface area contributed by atoms with Gasteiger partial charge in [-0.1, -0.05) is 0 Å². The van der Waals surface area contributed by atoms with Gasteiger partial charge >= 0.3 is 11.7 Å². The number of benzene rings is 1. The van der Waals surface area contributed by atoms with Crippen molar-refractivity contribution < 1.29 is 28.7 Å². The minimum absolute atomic E-state index is 0.0907. The molecule has 2 rings (SSSR count). The molecule has 1 aromatic carbocycles. The van der Waals surface area contributed by atoms with Crippen LogP contribution in [0.15, 0.2) is 12.1 Å². The summed E-state index contributed by atoms with van der Waals surface area (Å²) in [7, 11) is 0. The van der Waals surface area contributed by atoms with Gasteiger partial charge in [-0.15, -0.1) is 0 Å². The second-order valence-electron chi connectivity index (χ2n) is 4.40. The molecule has 0 aromatic heterocycles. The number of ether oxygens (including phenoxy) is 2. The number of hydrogen-bond donors (Lipinski definition) is 1. The van der Waals surface area contributed by atoms with E-state index in [1.165, 1.54) is 0 Å². The van der Waals surface area contributed by atoms with Crippen LogP contribution in [0.25, 0.3) is 0 Å². The van der Waals surface area contributed by atoms with E-state index in [9.17, 15) is 19.3 Å². The molecule has 1 unspecified atom stereocenters. The molecule has 1 aromatic rings. The van der Waals surface area contributed by atoms with Crippen molar-refractivity contribution in [1.29, 1.82) is 0 Å². The van der Waals surface area contributed by atoms with Crippen molar-refractivity contribution in [2.75, 3.05) is 19.8 Å². The first-order valence-electron chi connectivity index (χ1n) is 5.91. The highest BCUT2D eigenvalue weighted by Crippen LogP contribution is 2.31. The average Bonchev–Trinajstić information content (AvgIpc) is 2.89. The Bertz CT molecular complexity index is 541. The maximum Gasteiger partial charge on any atom is 0.338 e. The average molecular weight is 285 g/mol. The topological polar surface area (TPSA) is 98.9 Å². The molecule has 20 heavy (non-hydrogen) atoms. The molecule has 0 amide bonds. The number of halogens is 1. The molecule has 1 atom stereocenters. The van der Waals surface area contributed by atoms with Gasteiger partial charge in [0, 0.05) is 18.6 Å². The quantitative estimate of drug-likeness (QED) is 0.654. The first-order valence-corrected chi connectivity index (χ1v) is 5.91. The number of hydrogen-bond acceptors (Lipinski definition) is 5. The molecule has 0 saturated carbocycles. The lowest BCUT2D eigenvalue weighted by Gasteiger charge is -2.11. The molecular weight excluding hydrogens is 273 g/mol. The maximum absolute atomic E-state index is 13.4. The van der Waals surface area contributed by atoms with E-state index in [0.29, 0.717) is 19.3 Å². The summed E-state index contributed by atoms with van der Waals surface area (Å²) in [5.74, 6) is -2.83. The number of carboxylic acid groups (broad SMARTS) is 1. The molecule has 0 bridgehead atoms. The van der Waals surface area contributed by atoms with Crippen LogP contribution in [0.5, 0.6) is 5.75 Å². The van der Waals surface area contributed by atoms with E-state index in [1.54, 1.807) is 0 Å². The van der Waals surface area contributed by atoms with E-state index < -0.39 is 28.0 Å². The van der Waals surface area contributed by atoms with Crippen LogP contribution < -0.4 is 4.74 Å². The van der Waals surface area contributed by atoms with Crippen LogP contribution in [0.4, 0.5) is 10.1 Å². The van der Waals surface area contributed by atoms with Crippen molar-refractivity contribution in [3.05, 3.63) is 33.6 Å². The first-order chi connectivity index (χ1) is 9.49. The molecule has 1 saturated heterocycles. The van der Waals surface area contributed by atoms with E-state index in [-0.39, 0.29) is 18.3 Å². The Morgan fingerprint density at radius 3 is 2.90 bits per heavy atom. The largest absolute Gasteiger partial charge is 0.486 e. The van der Waals surface area contributed by atoms with Gasteiger partial charge in [0.1, 0.15) is 5.82 Å². The zero-order chi connectivity index (χ0) is 14.7. The molecule has 0 aliphatic carbocycles. The van der Waals surface area contributed by atoms with Crippen molar-refractivity contribution in [3.63, 3.8) is 0 Å². The molecule has 0 radical (unpaired) electrons. The fourth-order valence-corrected chi connectivity index (χ4v) is 1.89. The molecule has 1 heterocycles. The second-order valence-corrected chi connectivity index (χ2v) is 4.40. The van der Waals surface area contributed by atoms with Gasteiger partial charge in [-0.25, -0.2) is 9.18 Å². The summed E-state index contributed by atoms with van der Waals surface area (Å²) in [4.78, 5) is 20.9. The van der Waals surface area contributed by atoms with Crippen LogP contribution >= 0.6 is 0 Å². The van der Waals surface area contributed by atoms with E-state index in [2.05, 4.69) is 0 Å². The summed E-state index contributed by atoms with van der Waals surface area (Å²) >= 11 is 0. The summed E-state index contributed by atoms with van der Waals surface area (Å²) < 4.78 is 23.8. The van der Waals surface area contributed by atoms with Gasteiger partial charge in [-0.2, -0.15) is 0 Å². The lowest BCUT2D eigenvalue weighted by atomic mass is 10.1. The third-order valence-corrected chi connectivity index (χ3v) is 2.97. The van der Waals surface area contributed by atoms with Gasteiger partial charge in [-0.3, -0.25) is 10.1 Å². The Hall–Kier alpha value is -2.22. The van der Waals surface area contributed by atoms with Crippen molar-refractivity contribution in [2.24, 2.45) is 5.92 Å². The molecule has 108 valence electrons. The van der Waals surface area contributed by atoms with E-state index >= 15 is 0 Å². The summed E-state index contributed by atoms with van der Waals surface area (Å²) in [6.45, 7) is 1.24. The zero-order valence-electron chi connectivity index (χ0n) is 10.4. The summed E-state index contributed by atoms with van der Waals surface area (Å²) in [5, 5.41) is 19.7. The molecule has 1 aliphatic heterocycles. The summed E-state index contributed by atoms with van der Waals surface area (Å²) in [6.07, 6.45) is 0.765. The van der Waals surface area contributed by atoms with Gasteiger partial charge in [0.2, 0.25) is 0 Å². The molecule has 1 fully saturated rings. The minimum atomic E-state index is -1.51. The van der Waals surface area contributed by atoms with Crippen LogP contribution in [0, 0.1) is 21.8 Å². The van der Waals surface area contributed by atoms with Crippen LogP contribution in [0.3, 0.4) is 0 Å². The van der Waals surface area contributed by atoms with Crippen molar-refractivity contribution >= 4 is 11.7 Å². The fraction of sp³-hybridized carbons (Fsp3) is 0.417. The predicted octanol–water partition coefficient (Wildman–Crippen LogP) is 1.85. The number of carboxylic acids is 1. The Labute approximate surface area is 113 Å². The van der Waals surface area contributed by atoms with Crippen molar-refractivity contribution in [1.82, 2.24) is 0 Å². The Balaban J connectivity index is 2.25. The molecule has 8 heteroatoms. The van der Waals surface area contributed by atoms with Gasteiger partial charge < -0.3 is 14.6 Å². The van der Waals surface area contributed by atoms with Gasteiger partial charge in [0.25, 0.3) is 0 Å². The maximum atomic E-state index is 13.4. The number of aromatic carboxylic acids is 1.